The molecule has 0 atom stereocenters. The van der Waals surface area contributed by atoms with E-state index in [-0.39, 0.29) is 11.1 Å². The molecule has 4 rings (SSSR count). The molecule has 10 nitrogen and oxygen atoms in total. The van der Waals surface area contributed by atoms with E-state index in [4.69, 9.17) is 10.2 Å². The second-order valence-electron chi connectivity index (χ2n) is 7.57. The third-order valence-corrected chi connectivity index (χ3v) is 5.98. The van der Waals surface area contributed by atoms with Crippen molar-refractivity contribution in [2.24, 2.45) is 10.2 Å². The largest absolute Gasteiger partial charge is 0.478 e. The number of carbonyl (C=O) groups excluding carboxylic acids is 2. The number of carbonyl (C=O) groups is 4. The maximum atomic E-state index is 11.5. The van der Waals surface area contributed by atoms with Crippen LogP contribution in [-0.4, -0.2) is 45.1 Å². The van der Waals surface area contributed by atoms with Gasteiger partial charge in [0, 0.05) is 9.79 Å². The van der Waals surface area contributed by atoms with Gasteiger partial charge < -0.3 is 10.2 Å². The molecule has 11 heteroatoms. The Balaban J connectivity index is 1.34. The molecule has 0 spiro atoms. The van der Waals surface area contributed by atoms with E-state index in [0.717, 1.165) is 9.79 Å². The van der Waals surface area contributed by atoms with Crippen molar-refractivity contribution in [3.8, 4) is 0 Å². The lowest BCUT2D eigenvalue weighted by Gasteiger charge is -2.08. The number of allylic oxidation sites excluding steroid dienone is 6. The third kappa shape index (κ3) is 6.55. The Morgan fingerprint density at radius 1 is 0.622 bits per heavy atom. The third-order valence-electron chi connectivity index (χ3n) is 4.96. The van der Waals surface area contributed by atoms with E-state index in [2.05, 4.69) is 21.1 Å². The molecule has 37 heavy (non-hydrogen) atoms. The standard InChI is InChI=1S/C26H18N4O6S/c31-23-11-5-17(13-21(23)25(33)34)29-27-15-1-7-19(8-2-15)37-20-9-3-16(4-10-20)28-30-18-6-12-24(32)22(14-18)26(35)36/h1-14,27-28H,(H,33,34)(H,35,36)/b29-17+,30-18+. The molecule has 0 heterocycles. The van der Waals surface area contributed by atoms with Crippen LogP contribution in [0.4, 0.5) is 11.4 Å². The van der Waals surface area contributed by atoms with Crippen molar-refractivity contribution in [1.29, 1.82) is 0 Å². The summed E-state index contributed by atoms with van der Waals surface area (Å²) in [6.45, 7) is 0. The number of benzene rings is 2. The number of hydrogen-bond donors (Lipinski definition) is 4. The fourth-order valence-electron chi connectivity index (χ4n) is 3.10. The van der Waals surface area contributed by atoms with Gasteiger partial charge in [-0.3, -0.25) is 20.4 Å². The number of anilines is 2. The molecule has 0 amide bonds. The van der Waals surface area contributed by atoms with Gasteiger partial charge in [0.05, 0.1) is 22.8 Å². The van der Waals surface area contributed by atoms with Crippen molar-refractivity contribution in [2.75, 3.05) is 10.9 Å². The van der Waals surface area contributed by atoms with Crippen molar-refractivity contribution < 1.29 is 29.4 Å². The van der Waals surface area contributed by atoms with Crippen molar-refractivity contribution in [3.05, 3.63) is 96.1 Å². The number of rotatable bonds is 8. The van der Waals surface area contributed by atoms with Crippen LogP contribution in [0, 0.1) is 0 Å². The number of nitrogens with one attached hydrogen (secondary N) is 2. The molecule has 0 saturated heterocycles. The second kappa shape index (κ2) is 11.1. The maximum absolute atomic E-state index is 11.5. The summed E-state index contributed by atoms with van der Waals surface area (Å²) in [4.78, 5) is 47.2. The molecule has 0 radical (unpaired) electrons. The van der Waals surface area contributed by atoms with Crippen molar-refractivity contribution in [3.63, 3.8) is 0 Å². The van der Waals surface area contributed by atoms with E-state index in [1.807, 2.05) is 48.5 Å². The van der Waals surface area contributed by atoms with E-state index in [1.54, 1.807) is 0 Å². The van der Waals surface area contributed by atoms with Gasteiger partial charge in [0.25, 0.3) is 0 Å². The molecule has 2 aromatic carbocycles. The fraction of sp³-hybridized carbons (Fsp3) is 0. The predicted molar refractivity (Wildman–Crippen MR) is 139 cm³/mol. The first-order valence-corrected chi connectivity index (χ1v) is 11.5. The Kier molecular flexibility index (Phi) is 7.55. The first kappa shape index (κ1) is 25.1. The van der Waals surface area contributed by atoms with Crippen LogP contribution < -0.4 is 10.9 Å². The minimum Gasteiger partial charge on any atom is -0.478 e. The number of carboxylic acids is 2. The van der Waals surface area contributed by atoms with E-state index in [1.165, 1.54) is 48.2 Å². The van der Waals surface area contributed by atoms with Crippen LogP contribution in [0.3, 0.4) is 0 Å². The lowest BCUT2D eigenvalue weighted by atomic mass is 10.0. The number of carboxylic acid groups (broad SMARTS) is 2. The molecular weight excluding hydrogens is 496 g/mol. The molecule has 2 aromatic rings. The first-order chi connectivity index (χ1) is 17.8. The number of nitrogens with zero attached hydrogens (tertiary/aromatic N) is 2. The highest BCUT2D eigenvalue weighted by Crippen LogP contribution is 2.29. The molecule has 0 bridgehead atoms. The zero-order valence-electron chi connectivity index (χ0n) is 18.9. The zero-order valence-corrected chi connectivity index (χ0v) is 19.7. The molecule has 184 valence electrons. The summed E-state index contributed by atoms with van der Waals surface area (Å²) in [5.41, 5.74) is 7.01. The van der Waals surface area contributed by atoms with Crippen LogP contribution in [0.2, 0.25) is 0 Å². The summed E-state index contributed by atoms with van der Waals surface area (Å²) >= 11 is 1.53. The average molecular weight is 515 g/mol. The lowest BCUT2D eigenvalue weighted by molar-refractivity contribution is -0.135. The molecule has 2 aliphatic carbocycles. The maximum Gasteiger partial charge on any atom is 0.339 e. The number of aliphatic carboxylic acids is 2. The summed E-state index contributed by atoms with van der Waals surface area (Å²) in [5, 5.41) is 26.3. The van der Waals surface area contributed by atoms with Crippen molar-refractivity contribution >= 4 is 58.1 Å². The highest BCUT2D eigenvalue weighted by molar-refractivity contribution is 7.99. The molecule has 2 aliphatic rings. The van der Waals surface area contributed by atoms with Gasteiger partial charge in [-0.1, -0.05) is 11.8 Å². The number of hydrogen-bond acceptors (Lipinski definition) is 9. The smallest absolute Gasteiger partial charge is 0.339 e. The molecule has 0 aromatic heterocycles. The Morgan fingerprint density at radius 2 is 1.00 bits per heavy atom. The normalized spacial score (nSPS) is 17.0. The molecule has 0 saturated carbocycles. The van der Waals surface area contributed by atoms with E-state index < -0.39 is 23.5 Å². The van der Waals surface area contributed by atoms with Gasteiger partial charge in [-0.25, -0.2) is 9.59 Å². The molecular formula is C26H18N4O6S. The highest BCUT2D eigenvalue weighted by atomic mass is 32.2. The van der Waals surface area contributed by atoms with Gasteiger partial charge in [-0.2, -0.15) is 10.2 Å². The summed E-state index contributed by atoms with van der Waals surface area (Å²) < 4.78 is 0. The number of hydrazone groups is 2. The lowest BCUT2D eigenvalue weighted by Crippen LogP contribution is -2.15. The first-order valence-electron chi connectivity index (χ1n) is 10.7. The fourth-order valence-corrected chi connectivity index (χ4v) is 3.92. The van der Waals surface area contributed by atoms with Crippen LogP contribution in [0.25, 0.3) is 0 Å². The summed E-state index contributed by atoms with van der Waals surface area (Å²) in [7, 11) is 0. The van der Waals surface area contributed by atoms with E-state index >= 15 is 0 Å². The quantitative estimate of drug-likeness (QED) is 0.234. The van der Waals surface area contributed by atoms with Crippen molar-refractivity contribution in [2.45, 2.75) is 9.79 Å². The summed E-state index contributed by atoms with van der Waals surface area (Å²) in [5.74, 6) is -3.75. The summed E-state index contributed by atoms with van der Waals surface area (Å²) in [6, 6.07) is 14.9. The molecule has 0 fully saturated rings. The monoisotopic (exact) mass is 514 g/mol. The highest BCUT2D eigenvalue weighted by Gasteiger charge is 2.19. The van der Waals surface area contributed by atoms with Crippen LogP contribution in [0.15, 0.2) is 116 Å². The van der Waals surface area contributed by atoms with Gasteiger partial charge in [0.1, 0.15) is 11.1 Å². The van der Waals surface area contributed by atoms with Crippen LogP contribution in [-0.2, 0) is 19.2 Å². The predicted octanol–water partition coefficient (Wildman–Crippen LogP) is 3.67. The topological polar surface area (TPSA) is 158 Å². The van der Waals surface area contributed by atoms with Gasteiger partial charge in [0.15, 0.2) is 11.6 Å². The Labute approximate surface area is 214 Å². The molecule has 4 N–H and O–H groups in total. The Hall–Kier alpha value is -5.03. The Morgan fingerprint density at radius 3 is 1.35 bits per heavy atom. The summed E-state index contributed by atoms with van der Waals surface area (Å²) in [6.07, 6.45) is 7.63. The van der Waals surface area contributed by atoms with Gasteiger partial charge in [-0.15, -0.1) is 0 Å². The van der Waals surface area contributed by atoms with Gasteiger partial charge in [0.2, 0.25) is 0 Å². The average Bonchev–Trinajstić information content (AvgIpc) is 2.89. The minimum absolute atomic E-state index is 0.320. The Bertz CT molecular complexity index is 1350. The minimum atomic E-state index is -1.30. The van der Waals surface area contributed by atoms with Gasteiger partial charge >= 0.3 is 11.9 Å². The number of ketones is 2. The van der Waals surface area contributed by atoms with Crippen LogP contribution in [0.1, 0.15) is 0 Å². The van der Waals surface area contributed by atoms with Crippen LogP contribution >= 0.6 is 11.8 Å². The van der Waals surface area contributed by atoms with E-state index in [9.17, 15) is 19.2 Å². The zero-order chi connectivity index (χ0) is 26.4. The second-order valence-corrected chi connectivity index (χ2v) is 8.72. The SMILES string of the molecule is O=C(O)C1=C/C(=N/Nc2ccc(Sc3ccc(N/N=C4\C=CC(=O)C(C(=O)O)=C4)cc3)cc2)C=CC1=O. The van der Waals surface area contributed by atoms with E-state index in [0.29, 0.717) is 22.8 Å². The van der Waals surface area contributed by atoms with Crippen LogP contribution in [0.5, 0.6) is 0 Å². The van der Waals surface area contributed by atoms with Crippen molar-refractivity contribution in [1.82, 2.24) is 0 Å². The molecule has 0 aliphatic heterocycles. The van der Waals surface area contributed by atoms with Gasteiger partial charge in [-0.05, 0) is 85.0 Å². The molecule has 0 unspecified atom stereocenters.